The molecule has 0 amide bonds. The average Bonchev–Trinajstić information content (AvgIpc) is 2.75. The predicted molar refractivity (Wildman–Crippen MR) is 55.5 cm³/mol. The number of nitrogens with zero attached hydrogens (tertiary/aromatic N) is 1. The van der Waals surface area contributed by atoms with Gasteiger partial charge in [-0.3, -0.25) is 0 Å². The summed E-state index contributed by atoms with van der Waals surface area (Å²) in [5, 5.41) is 8.28. The Labute approximate surface area is 91.1 Å². The van der Waals surface area contributed by atoms with E-state index in [1.807, 2.05) is 0 Å². The maximum atomic E-state index is 8.28. The molecule has 1 rings (SSSR count). The molecule has 0 spiro atoms. The fraction of sp³-hybridized carbons (Fsp3) is 0.909. The Morgan fingerprint density at radius 2 is 2.13 bits per heavy atom. The van der Waals surface area contributed by atoms with E-state index in [2.05, 4.69) is 6.07 Å². The third-order valence-electron chi connectivity index (χ3n) is 2.28. The highest BCUT2D eigenvalue weighted by Crippen LogP contribution is 2.11. The highest BCUT2D eigenvalue weighted by atomic mass is 16.5. The molecule has 15 heavy (non-hydrogen) atoms. The molecule has 86 valence electrons. The van der Waals surface area contributed by atoms with E-state index in [0.29, 0.717) is 39.0 Å². The van der Waals surface area contributed by atoms with Gasteiger partial charge in [0.1, 0.15) is 0 Å². The summed E-state index contributed by atoms with van der Waals surface area (Å²) in [7, 11) is 0. The van der Waals surface area contributed by atoms with Gasteiger partial charge in [-0.2, -0.15) is 5.26 Å². The van der Waals surface area contributed by atoms with Gasteiger partial charge in [0.2, 0.25) is 0 Å². The summed E-state index contributed by atoms with van der Waals surface area (Å²) in [6, 6.07) is 2.08. The first-order chi connectivity index (χ1) is 7.43. The van der Waals surface area contributed by atoms with Crippen LogP contribution < -0.4 is 0 Å². The van der Waals surface area contributed by atoms with Crippen molar-refractivity contribution in [3.8, 4) is 6.07 Å². The van der Waals surface area contributed by atoms with E-state index in [4.69, 9.17) is 19.5 Å². The molecule has 0 aliphatic carbocycles. The third kappa shape index (κ3) is 6.45. The first kappa shape index (κ1) is 12.4. The van der Waals surface area contributed by atoms with Crippen molar-refractivity contribution in [3.63, 3.8) is 0 Å². The first-order valence-corrected chi connectivity index (χ1v) is 5.57. The minimum atomic E-state index is 0.295. The maximum Gasteiger partial charge on any atom is 0.0809 e. The van der Waals surface area contributed by atoms with Gasteiger partial charge in [0.25, 0.3) is 0 Å². The van der Waals surface area contributed by atoms with Crippen LogP contribution in [-0.2, 0) is 14.2 Å². The van der Waals surface area contributed by atoms with Gasteiger partial charge < -0.3 is 14.2 Å². The Balaban J connectivity index is 1.75. The van der Waals surface area contributed by atoms with E-state index < -0.39 is 0 Å². The average molecular weight is 213 g/mol. The molecule has 1 aliphatic heterocycles. The number of unbranched alkanes of at least 4 members (excludes halogenated alkanes) is 1. The maximum absolute atomic E-state index is 8.28. The molecule has 4 nitrogen and oxygen atoms in total. The molecule has 0 aromatic heterocycles. The van der Waals surface area contributed by atoms with Crippen molar-refractivity contribution in [1.82, 2.24) is 0 Å². The van der Waals surface area contributed by atoms with Crippen LogP contribution in [0.15, 0.2) is 0 Å². The molecule has 1 fully saturated rings. The molecule has 4 heteroatoms. The van der Waals surface area contributed by atoms with Crippen LogP contribution in [0.25, 0.3) is 0 Å². The second-order valence-corrected chi connectivity index (χ2v) is 3.58. The van der Waals surface area contributed by atoms with E-state index in [-0.39, 0.29) is 0 Å². The molecule has 0 aromatic rings. The minimum absolute atomic E-state index is 0.295. The summed E-state index contributed by atoms with van der Waals surface area (Å²) in [5.74, 6) is 0. The van der Waals surface area contributed by atoms with Crippen LogP contribution in [0, 0.1) is 11.3 Å². The largest absolute Gasteiger partial charge is 0.379 e. The van der Waals surface area contributed by atoms with Gasteiger partial charge in [0.05, 0.1) is 32.0 Å². The molecular formula is C11H19NO3. The van der Waals surface area contributed by atoms with Gasteiger partial charge in [-0.15, -0.1) is 0 Å². The van der Waals surface area contributed by atoms with E-state index in [0.717, 1.165) is 25.9 Å². The van der Waals surface area contributed by atoms with Crippen LogP contribution in [0.5, 0.6) is 0 Å². The van der Waals surface area contributed by atoms with Crippen LogP contribution in [0.2, 0.25) is 0 Å². The molecule has 0 bridgehead atoms. The highest BCUT2D eigenvalue weighted by Gasteiger charge is 2.14. The van der Waals surface area contributed by atoms with Crippen LogP contribution in [0.1, 0.15) is 25.7 Å². The quantitative estimate of drug-likeness (QED) is 0.573. The van der Waals surface area contributed by atoms with Gasteiger partial charge in [0, 0.05) is 19.6 Å². The Bertz CT molecular complexity index is 185. The van der Waals surface area contributed by atoms with Crippen molar-refractivity contribution in [2.24, 2.45) is 0 Å². The molecule has 0 N–H and O–H groups in total. The SMILES string of the molecule is N#CCCCOCCOCC1CCCO1. The first-order valence-electron chi connectivity index (χ1n) is 5.57. The van der Waals surface area contributed by atoms with Gasteiger partial charge in [-0.1, -0.05) is 0 Å². The van der Waals surface area contributed by atoms with E-state index >= 15 is 0 Å². The number of rotatable bonds is 8. The lowest BCUT2D eigenvalue weighted by Gasteiger charge is -2.09. The zero-order chi connectivity index (χ0) is 10.8. The number of ether oxygens (including phenoxy) is 3. The van der Waals surface area contributed by atoms with Crippen LogP contribution in [0.3, 0.4) is 0 Å². The zero-order valence-electron chi connectivity index (χ0n) is 9.11. The molecule has 0 radical (unpaired) electrons. The number of hydrogen-bond donors (Lipinski definition) is 0. The van der Waals surface area contributed by atoms with Gasteiger partial charge in [-0.05, 0) is 19.3 Å². The van der Waals surface area contributed by atoms with Gasteiger partial charge in [-0.25, -0.2) is 0 Å². The van der Waals surface area contributed by atoms with Crippen LogP contribution in [-0.4, -0.2) is 39.1 Å². The molecule has 1 heterocycles. The lowest BCUT2D eigenvalue weighted by Crippen LogP contribution is -2.16. The molecular weight excluding hydrogens is 194 g/mol. The summed E-state index contributed by atoms with van der Waals surface area (Å²) in [6.45, 7) is 3.43. The Kier molecular flexibility index (Phi) is 7.18. The summed E-state index contributed by atoms with van der Waals surface area (Å²) >= 11 is 0. The zero-order valence-corrected chi connectivity index (χ0v) is 9.11. The van der Waals surface area contributed by atoms with Crippen molar-refractivity contribution >= 4 is 0 Å². The third-order valence-corrected chi connectivity index (χ3v) is 2.28. The summed E-state index contributed by atoms with van der Waals surface area (Å²) < 4.78 is 16.1. The summed E-state index contributed by atoms with van der Waals surface area (Å²) in [5.41, 5.74) is 0. The lowest BCUT2D eigenvalue weighted by atomic mass is 10.2. The smallest absolute Gasteiger partial charge is 0.0809 e. The van der Waals surface area contributed by atoms with Gasteiger partial charge in [0.15, 0.2) is 0 Å². The Morgan fingerprint density at radius 3 is 2.87 bits per heavy atom. The fourth-order valence-corrected chi connectivity index (χ4v) is 1.46. The second-order valence-electron chi connectivity index (χ2n) is 3.58. The van der Waals surface area contributed by atoms with Crippen molar-refractivity contribution in [2.45, 2.75) is 31.8 Å². The molecule has 1 aliphatic rings. The molecule has 1 unspecified atom stereocenters. The van der Waals surface area contributed by atoms with E-state index in [1.54, 1.807) is 0 Å². The summed E-state index contributed by atoms with van der Waals surface area (Å²) in [6.07, 6.45) is 3.93. The number of nitriles is 1. The monoisotopic (exact) mass is 213 g/mol. The van der Waals surface area contributed by atoms with Crippen LogP contribution >= 0.6 is 0 Å². The minimum Gasteiger partial charge on any atom is -0.379 e. The van der Waals surface area contributed by atoms with Gasteiger partial charge >= 0.3 is 0 Å². The topological polar surface area (TPSA) is 51.5 Å². The molecule has 0 aromatic carbocycles. The fourth-order valence-electron chi connectivity index (χ4n) is 1.46. The van der Waals surface area contributed by atoms with Crippen LogP contribution in [0.4, 0.5) is 0 Å². The Morgan fingerprint density at radius 1 is 1.27 bits per heavy atom. The van der Waals surface area contributed by atoms with E-state index in [1.165, 1.54) is 0 Å². The van der Waals surface area contributed by atoms with Crippen molar-refractivity contribution < 1.29 is 14.2 Å². The second kappa shape index (κ2) is 8.66. The molecule has 0 saturated carbocycles. The summed E-state index contributed by atoms with van der Waals surface area (Å²) in [4.78, 5) is 0. The molecule has 1 saturated heterocycles. The number of hydrogen-bond acceptors (Lipinski definition) is 4. The normalized spacial score (nSPS) is 20.3. The van der Waals surface area contributed by atoms with Crippen molar-refractivity contribution in [3.05, 3.63) is 0 Å². The predicted octanol–water partition coefficient (Wildman–Crippen LogP) is 1.50. The van der Waals surface area contributed by atoms with Crippen molar-refractivity contribution in [1.29, 1.82) is 5.26 Å². The van der Waals surface area contributed by atoms with Crippen molar-refractivity contribution in [2.75, 3.05) is 33.0 Å². The molecule has 1 atom stereocenters. The standard InChI is InChI=1S/C11H19NO3/c12-5-1-2-6-13-8-9-14-10-11-4-3-7-15-11/h11H,1-4,6-10H2. The van der Waals surface area contributed by atoms with E-state index in [9.17, 15) is 0 Å². The highest BCUT2D eigenvalue weighted by molar-refractivity contribution is 4.67. The Hall–Kier alpha value is -0.630. The lowest BCUT2D eigenvalue weighted by molar-refractivity contribution is -0.00706.